The Labute approximate surface area is 159 Å². The summed E-state index contributed by atoms with van der Waals surface area (Å²) in [5, 5.41) is 8.60. The van der Waals surface area contributed by atoms with Crippen LogP contribution in [-0.4, -0.2) is 41.9 Å². The van der Waals surface area contributed by atoms with Crippen LogP contribution in [0.2, 0.25) is 0 Å². The fraction of sp³-hybridized carbons (Fsp3) is 0.400. The Morgan fingerprint density at radius 2 is 1.85 bits per heavy atom. The molecule has 0 aromatic heterocycles. The van der Waals surface area contributed by atoms with Crippen molar-refractivity contribution in [3.63, 3.8) is 0 Å². The number of fused-ring (bicyclic) bond motifs is 1. The summed E-state index contributed by atoms with van der Waals surface area (Å²) < 4.78 is 10.5. The molecule has 0 unspecified atom stereocenters. The van der Waals surface area contributed by atoms with Crippen molar-refractivity contribution < 1.29 is 24.2 Å². The minimum Gasteiger partial charge on any atom is -0.478 e. The molecule has 0 radical (unpaired) electrons. The lowest BCUT2D eigenvalue weighted by atomic mass is 10.1. The Morgan fingerprint density at radius 1 is 1.15 bits per heavy atom. The number of nitrogens with zero attached hydrogens (tertiary/aromatic N) is 1. The minimum absolute atomic E-state index is 0.252. The van der Waals surface area contributed by atoms with Gasteiger partial charge in [-0.05, 0) is 49.0 Å². The van der Waals surface area contributed by atoms with Gasteiger partial charge in [0, 0.05) is 19.2 Å². The van der Waals surface area contributed by atoms with E-state index in [0.29, 0.717) is 0 Å². The van der Waals surface area contributed by atoms with Crippen LogP contribution in [0.4, 0.5) is 4.79 Å². The van der Waals surface area contributed by atoms with E-state index in [-0.39, 0.29) is 12.8 Å². The Hall–Kier alpha value is -2.96. The van der Waals surface area contributed by atoms with Crippen molar-refractivity contribution in [1.82, 2.24) is 4.90 Å². The highest BCUT2D eigenvalue weighted by Gasteiger charge is 2.13. The predicted octanol–water partition coefficient (Wildman–Crippen LogP) is 3.40. The van der Waals surface area contributed by atoms with Gasteiger partial charge in [0.2, 0.25) is 6.79 Å². The van der Waals surface area contributed by atoms with Gasteiger partial charge in [-0.1, -0.05) is 25.1 Å². The third-order valence-electron chi connectivity index (χ3n) is 4.26. The molecular weight excluding hydrogens is 348 g/mol. The molecule has 0 bridgehead atoms. The van der Waals surface area contributed by atoms with Crippen LogP contribution < -0.4 is 15.2 Å². The van der Waals surface area contributed by atoms with Crippen LogP contribution in [0.15, 0.2) is 35.9 Å². The maximum Gasteiger partial charge on any atom is 0.328 e. The second-order valence-electron chi connectivity index (χ2n) is 6.24. The van der Waals surface area contributed by atoms with Gasteiger partial charge in [0.25, 0.3) is 0 Å². The average Bonchev–Trinajstić information content (AvgIpc) is 3.14. The summed E-state index contributed by atoms with van der Waals surface area (Å²) in [4.78, 5) is 22.7. The van der Waals surface area contributed by atoms with E-state index in [1.54, 1.807) is 11.0 Å². The molecule has 0 spiro atoms. The van der Waals surface area contributed by atoms with Gasteiger partial charge in [-0.2, -0.15) is 0 Å². The van der Waals surface area contributed by atoms with E-state index in [9.17, 15) is 9.59 Å². The Morgan fingerprint density at radius 3 is 2.44 bits per heavy atom. The van der Waals surface area contributed by atoms with Gasteiger partial charge in [0.1, 0.15) is 0 Å². The van der Waals surface area contributed by atoms with E-state index >= 15 is 0 Å². The topological polar surface area (TPSA) is 102 Å². The first-order chi connectivity index (χ1) is 13.0. The lowest BCUT2D eigenvalue weighted by Gasteiger charge is -2.24. The molecule has 7 heteroatoms. The number of carbonyl (C=O) groups is 2. The lowest BCUT2D eigenvalue weighted by Crippen LogP contribution is -2.39. The van der Waals surface area contributed by atoms with E-state index < -0.39 is 5.97 Å². The summed E-state index contributed by atoms with van der Waals surface area (Å²) in [6.45, 7) is 3.94. The van der Waals surface area contributed by atoms with Crippen molar-refractivity contribution in [2.45, 2.75) is 32.6 Å². The molecule has 27 heavy (non-hydrogen) atoms. The van der Waals surface area contributed by atoms with E-state index in [1.165, 1.54) is 6.42 Å². The van der Waals surface area contributed by atoms with E-state index in [2.05, 4.69) is 0 Å². The van der Waals surface area contributed by atoms with Crippen molar-refractivity contribution in [2.24, 2.45) is 5.73 Å². The maximum atomic E-state index is 10.5. The number of amides is 2. The molecule has 0 saturated carbocycles. The molecule has 2 aliphatic rings. The summed E-state index contributed by atoms with van der Waals surface area (Å²) in [6.07, 6.45) is 8.91. The molecule has 0 atom stereocenters. The number of allylic oxidation sites excluding steroid dienone is 2. The van der Waals surface area contributed by atoms with Gasteiger partial charge < -0.3 is 25.2 Å². The normalized spacial score (nSPS) is 16.0. The number of hydrogen-bond donors (Lipinski definition) is 2. The highest BCUT2D eigenvalue weighted by atomic mass is 16.7. The summed E-state index contributed by atoms with van der Waals surface area (Å²) in [5.74, 6) is 0.521. The molecule has 146 valence electrons. The zero-order valence-electron chi connectivity index (χ0n) is 15.5. The number of ether oxygens (including phenoxy) is 2. The highest BCUT2D eigenvalue weighted by Crippen LogP contribution is 2.33. The SMILES string of the molecule is CCC(/C=C/C(=O)O)=C\c1ccc2c(c1)OCO2.NC(=O)N1CCCCC1. The second kappa shape index (κ2) is 10.3. The first kappa shape index (κ1) is 20.4. The van der Waals surface area contributed by atoms with Gasteiger partial charge in [-0.3, -0.25) is 0 Å². The summed E-state index contributed by atoms with van der Waals surface area (Å²) in [7, 11) is 0. The molecule has 3 N–H and O–H groups in total. The standard InChI is InChI=1S/C14H14O4.C6H12N2O/c1-2-10(4-6-14(15)16)7-11-3-5-12-13(8-11)18-9-17-12;7-6(9)8-4-2-1-3-5-8/h3-8H,2,9H2,1H3,(H,15,16);1-5H2,(H2,7,9)/b6-4+,10-7+;. The minimum atomic E-state index is -0.944. The van der Waals surface area contributed by atoms with Gasteiger partial charge in [0.15, 0.2) is 11.5 Å². The third kappa shape index (κ3) is 6.69. The van der Waals surface area contributed by atoms with E-state index in [0.717, 1.165) is 61.1 Å². The van der Waals surface area contributed by atoms with Crippen molar-refractivity contribution in [3.05, 3.63) is 41.5 Å². The van der Waals surface area contributed by atoms with Crippen LogP contribution in [0, 0.1) is 0 Å². The monoisotopic (exact) mass is 374 g/mol. The molecule has 0 aliphatic carbocycles. The fourth-order valence-electron chi connectivity index (χ4n) is 2.78. The zero-order valence-corrected chi connectivity index (χ0v) is 15.5. The van der Waals surface area contributed by atoms with Crippen molar-refractivity contribution in [2.75, 3.05) is 19.9 Å². The number of urea groups is 1. The quantitative estimate of drug-likeness (QED) is 0.621. The van der Waals surface area contributed by atoms with E-state index in [4.69, 9.17) is 20.3 Å². The maximum absolute atomic E-state index is 10.5. The first-order valence-corrected chi connectivity index (χ1v) is 9.05. The Kier molecular flexibility index (Phi) is 7.73. The molecule has 2 heterocycles. The highest BCUT2D eigenvalue weighted by molar-refractivity contribution is 5.80. The van der Waals surface area contributed by atoms with Gasteiger partial charge in [0.05, 0.1) is 0 Å². The van der Waals surface area contributed by atoms with Crippen LogP contribution >= 0.6 is 0 Å². The number of piperidine rings is 1. The Balaban J connectivity index is 0.000000244. The van der Waals surface area contributed by atoms with Crippen LogP contribution in [0.1, 0.15) is 38.2 Å². The molecule has 1 fully saturated rings. The molecule has 1 aromatic rings. The number of hydrogen-bond acceptors (Lipinski definition) is 4. The smallest absolute Gasteiger partial charge is 0.328 e. The van der Waals surface area contributed by atoms with Gasteiger partial charge >= 0.3 is 12.0 Å². The predicted molar refractivity (Wildman–Crippen MR) is 103 cm³/mol. The number of nitrogens with two attached hydrogens (primary N) is 1. The molecule has 2 aliphatic heterocycles. The third-order valence-corrected chi connectivity index (χ3v) is 4.26. The number of carboxylic acids is 1. The Bertz CT molecular complexity index is 721. The molecular formula is C20H26N2O5. The van der Waals surface area contributed by atoms with Crippen LogP contribution in [0.5, 0.6) is 11.5 Å². The first-order valence-electron chi connectivity index (χ1n) is 9.05. The second-order valence-corrected chi connectivity index (χ2v) is 6.24. The average molecular weight is 374 g/mol. The van der Waals surface area contributed by atoms with E-state index in [1.807, 2.05) is 31.2 Å². The number of primary amides is 1. The van der Waals surface area contributed by atoms with Crippen LogP contribution in [-0.2, 0) is 4.79 Å². The number of rotatable bonds is 4. The molecule has 1 aromatic carbocycles. The number of likely N-dealkylation sites (tertiary alicyclic amines) is 1. The van der Waals surface area contributed by atoms with Crippen molar-refractivity contribution >= 4 is 18.1 Å². The van der Waals surface area contributed by atoms with Gasteiger partial charge in [-0.15, -0.1) is 0 Å². The van der Waals surface area contributed by atoms with Crippen molar-refractivity contribution in [3.8, 4) is 11.5 Å². The van der Waals surface area contributed by atoms with Gasteiger partial charge in [-0.25, -0.2) is 9.59 Å². The molecule has 2 amide bonds. The van der Waals surface area contributed by atoms with Crippen molar-refractivity contribution in [1.29, 1.82) is 0 Å². The van der Waals surface area contributed by atoms with Crippen LogP contribution in [0.25, 0.3) is 6.08 Å². The number of carboxylic acid groups (broad SMARTS) is 1. The number of benzene rings is 1. The molecule has 3 rings (SSSR count). The largest absolute Gasteiger partial charge is 0.478 e. The summed E-state index contributed by atoms with van der Waals surface area (Å²) >= 11 is 0. The summed E-state index contributed by atoms with van der Waals surface area (Å²) in [5.41, 5.74) is 6.96. The number of carbonyl (C=O) groups excluding carboxylic acids is 1. The molecule has 1 saturated heterocycles. The fourth-order valence-corrected chi connectivity index (χ4v) is 2.78. The summed E-state index contributed by atoms with van der Waals surface area (Å²) in [6, 6.07) is 5.38. The molecule has 7 nitrogen and oxygen atoms in total. The number of aliphatic carboxylic acids is 1. The van der Waals surface area contributed by atoms with Crippen LogP contribution in [0.3, 0.4) is 0 Å². The zero-order chi connectivity index (χ0) is 19.6. The lowest BCUT2D eigenvalue weighted by molar-refractivity contribution is -0.131.